The maximum absolute atomic E-state index is 14.6. The first kappa shape index (κ1) is 27.6. The molecule has 1 unspecified atom stereocenters. The Kier molecular flexibility index (Phi) is 7.59. The molecule has 0 radical (unpaired) electrons. The molecule has 3 fully saturated rings. The quantitative estimate of drug-likeness (QED) is 0.398. The van der Waals surface area contributed by atoms with Gasteiger partial charge >= 0.3 is 0 Å². The fourth-order valence-electron chi connectivity index (χ4n) is 7.91. The molecule has 1 saturated carbocycles. The standard InChI is InChI=1S/C32H41N3O4S/c1-31-17-11-20-33(23-13-5-2-6-14-23)28(37)25(31)26-29(38)35(19-9-4-10-22-36)27-30(39)34(24-15-7-3-8-16-24)21-12-18-32(26,27)40-31/h2,5-6,11-14,17-18,24-27,36H,3-4,7-10,15-16,19-22H2,1H3/t25-,26-,27?,31+,32-/m0/s1. The summed E-state index contributed by atoms with van der Waals surface area (Å²) in [4.78, 5) is 49.2. The number of rotatable bonds is 7. The Labute approximate surface area is 241 Å². The largest absolute Gasteiger partial charge is 0.396 e. The molecule has 4 aliphatic heterocycles. The molecule has 0 aromatic heterocycles. The second-order valence-electron chi connectivity index (χ2n) is 12.2. The number of benzene rings is 1. The van der Waals surface area contributed by atoms with E-state index in [1.54, 1.807) is 16.7 Å². The van der Waals surface area contributed by atoms with E-state index in [-0.39, 0.29) is 30.4 Å². The van der Waals surface area contributed by atoms with E-state index in [0.717, 1.165) is 44.2 Å². The van der Waals surface area contributed by atoms with Crippen LogP contribution in [-0.4, -0.2) is 80.4 Å². The predicted octanol–water partition coefficient (Wildman–Crippen LogP) is 4.17. The molecule has 5 atom stereocenters. The number of nitrogens with zero attached hydrogens (tertiary/aromatic N) is 3. The van der Waals surface area contributed by atoms with Gasteiger partial charge in [-0.25, -0.2) is 0 Å². The number of hydrogen-bond acceptors (Lipinski definition) is 5. The Morgan fingerprint density at radius 3 is 2.38 bits per heavy atom. The zero-order valence-electron chi connectivity index (χ0n) is 23.4. The van der Waals surface area contributed by atoms with Crippen molar-refractivity contribution in [3.05, 3.63) is 54.6 Å². The zero-order chi connectivity index (χ0) is 27.9. The molecule has 1 aliphatic carbocycles. The van der Waals surface area contributed by atoms with Crippen LogP contribution < -0.4 is 4.90 Å². The summed E-state index contributed by atoms with van der Waals surface area (Å²) in [7, 11) is 0. The molecule has 6 rings (SSSR count). The molecule has 0 bridgehead atoms. The van der Waals surface area contributed by atoms with Crippen molar-refractivity contribution < 1.29 is 19.5 Å². The van der Waals surface area contributed by atoms with E-state index < -0.39 is 27.4 Å². The number of carbonyl (C=O) groups excluding carboxylic acids is 3. The SMILES string of the molecule is C[C@@]12C=CCN(c3ccccc3)C(=O)[C@@H]1[C@H]1C(=O)N(CCCCCO)C3C(=O)N(C4CCCCC4)CC=C[C@@]31S2. The number of para-hydroxylation sites is 1. The number of unbranched alkanes of at least 4 members (excludes halogenated alkanes) is 2. The lowest BCUT2D eigenvalue weighted by molar-refractivity contribution is -0.144. The van der Waals surface area contributed by atoms with Crippen LogP contribution in [0.4, 0.5) is 5.69 Å². The van der Waals surface area contributed by atoms with Gasteiger partial charge in [-0.3, -0.25) is 14.4 Å². The van der Waals surface area contributed by atoms with Crippen LogP contribution in [0.15, 0.2) is 54.6 Å². The highest BCUT2D eigenvalue weighted by Crippen LogP contribution is 2.65. The third kappa shape index (κ3) is 4.42. The van der Waals surface area contributed by atoms with Gasteiger partial charge in [0.2, 0.25) is 17.7 Å². The molecule has 214 valence electrons. The molecule has 3 amide bonds. The normalized spacial score (nSPS) is 34.1. The fraction of sp³-hybridized carbons (Fsp3) is 0.594. The van der Waals surface area contributed by atoms with Crippen molar-refractivity contribution in [2.45, 2.75) is 79.9 Å². The Balaban J connectivity index is 1.41. The smallest absolute Gasteiger partial charge is 0.247 e. The third-order valence-electron chi connectivity index (χ3n) is 9.73. The highest BCUT2D eigenvalue weighted by molar-refractivity contribution is 8.02. The van der Waals surface area contributed by atoms with Crippen molar-refractivity contribution in [2.75, 3.05) is 31.1 Å². The lowest BCUT2D eigenvalue weighted by Crippen LogP contribution is -2.55. The number of hydrogen-bond donors (Lipinski definition) is 1. The molecule has 5 aliphatic rings. The number of likely N-dealkylation sites (tertiary alicyclic amines) is 1. The van der Waals surface area contributed by atoms with Crippen LogP contribution in [0.3, 0.4) is 0 Å². The van der Waals surface area contributed by atoms with Crippen molar-refractivity contribution >= 4 is 35.2 Å². The van der Waals surface area contributed by atoms with E-state index in [0.29, 0.717) is 26.1 Å². The number of fused-ring (bicyclic) bond motifs is 2. The number of aliphatic hydroxyl groups excluding tert-OH is 1. The Hall–Kier alpha value is -2.58. The lowest BCUT2D eigenvalue weighted by atomic mass is 9.74. The summed E-state index contributed by atoms with van der Waals surface area (Å²) in [6.45, 7) is 3.69. The summed E-state index contributed by atoms with van der Waals surface area (Å²) in [5.41, 5.74) is 0.825. The van der Waals surface area contributed by atoms with Gasteiger partial charge in [0.1, 0.15) is 6.04 Å². The first-order valence-electron chi connectivity index (χ1n) is 15.0. The van der Waals surface area contributed by atoms with E-state index in [1.165, 1.54) is 6.42 Å². The van der Waals surface area contributed by atoms with Crippen molar-refractivity contribution in [2.24, 2.45) is 11.8 Å². The zero-order valence-corrected chi connectivity index (χ0v) is 24.2. The monoisotopic (exact) mass is 563 g/mol. The van der Waals surface area contributed by atoms with Gasteiger partial charge in [-0.2, -0.15) is 0 Å². The molecule has 2 saturated heterocycles. The van der Waals surface area contributed by atoms with Crippen LogP contribution >= 0.6 is 11.8 Å². The average Bonchev–Trinajstić information content (AvgIpc) is 3.22. The average molecular weight is 564 g/mol. The third-order valence-corrected chi connectivity index (χ3v) is 11.5. The molecular formula is C32H41N3O4S. The van der Waals surface area contributed by atoms with Gasteiger partial charge in [-0.05, 0) is 51.2 Å². The molecule has 40 heavy (non-hydrogen) atoms. The summed E-state index contributed by atoms with van der Waals surface area (Å²) in [6, 6.07) is 9.25. The van der Waals surface area contributed by atoms with E-state index in [4.69, 9.17) is 0 Å². The van der Waals surface area contributed by atoms with Crippen LogP contribution in [-0.2, 0) is 14.4 Å². The van der Waals surface area contributed by atoms with Crippen LogP contribution in [0.5, 0.6) is 0 Å². The fourth-order valence-corrected chi connectivity index (χ4v) is 10.1. The summed E-state index contributed by atoms with van der Waals surface area (Å²) in [6.07, 6.45) is 16.1. The van der Waals surface area contributed by atoms with Crippen molar-refractivity contribution in [1.29, 1.82) is 0 Å². The lowest BCUT2D eigenvalue weighted by Gasteiger charge is -2.40. The first-order valence-corrected chi connectivity index (χ1v) is 15.9. The van der Waals surface area contributed by atoms with Gasteiger partial charge < -0.3 is 19.8 Å². The molecule has 1 aromatic rings. The first-order chi connectivity index (χ1) is 19.4. The Morgan fingerprint density at radius 1 is 0.875 bits per heavy atom. The minimum atomic E-state index is -0.798. The number of thioether (sulfide) groups is 1. The molecule has 1 N–H and O–H groups in total. The van der Waals surface area contributed by atoms with Crippen molar-refractivity contribution in [1.82, 2.24) is 9.80 Å². The van der Waals surface area contributed by atoms with E-state index in [2.05, 4.69) is 31.2 Å². The molecular weight excluding hydrogens is 522 g/mol. The maximum Gasteiger partial charge on any atom is 0.247 e. The van der Waals surface area contributed by atoms with E-state index >= 15 is 0 Å². The number of amides is 3. The van der Waals surface area contributed by atoms with E-state index in [1.807, 2.05) is 40.1 Å². The highest BCUT2D eigenvalue weighted by atomic mass is 32.2. The predicted molar refractivity (Wildman–Crippen MR) is 158 cm³/mol. The summed E-state index contributed by atoms with van der Waals surface area (Å²) >= 11 is 1.66. The second-order valence-corrected chi connectivity index (χ2v) is 14.0. The second kappa shape index (κ2) is 11.0. The minimum absolute atomic E-state index is 0.0406. The maximum atomic E-state index is 14.6. The van der Waals surface area contributed by atoms with Crippen LogP contribution in [0.2, 0.25) is 0 Å². The Morgan fingerprint density at radius 2 is 1.62 bits per heavy atom. The summed E-state index contributed by atoms with van der Waals surface area (Å²) in [5, 5.41) is 9.32. The highest BCUT2D eigenvalue weighted by Gasteiger charge is 2.74. The van der Waals surface area contributed by atoms with Gasteiger partial charge in [0.05, 0.1) is 16.6 Å². The number of anilines is 1. The summed E-state index contributed by atoms with van der Waals surface area (Å²) in [5.74, 6) is -1.27. The molecule has 1 aromatic carbocycles. The van der Waals surface area contributed by atoms with Gasteiger partial charge in [-0.15, -0.1) is 11.8 Å². The minimum Gasteiger partial charge on any atom is -0.396 e. The van der Waals surface area contributed by atoms with Crippen LogP contribution in [0.1, 0.15) is 58.3 Å². The molecule has 7 nitrogen and oxygen atoms in total. The Bertz CT molecular complexity index is 1200. The van der Waals surface area contributed by atoms with Crippen molar-refractivity contribution in [3.63, 3.8) is 0 Å². The van der Waals surface area contributed by atoms with Gasteiger partial charge in [0.25, 0.3) is 0 Å². The number of carbonyl (C=O) groups is 3. The molecule has 4 heterocycles. The summed E-state index contributed by atoms with van der Waals surface area (Å²) < 4.78 is -1.40. The number of aliphatic hydroxyl groups is 1. The molecule has 8 heteroatoms. The topological polar surface area (TPSA) is 81.2 Å². The molecule has 1 spiro atoms. The van der Waals surface area contributed by atoms with Crippen molar-refractivity contribution in [3.8, 4) is 0 Å². The van der Waals surface area contributed by atoms with E-state index in [9.17, 15) is 19.5 Å². The van der Waals surface area contributed by atoms with Crippen LogP contribution in [0, 0.1) is 11.8 Å². The van der Waals surface area contributed by atoms with Crippen LogP contribution in [0.25, 0.3) is 0 Å². The van der Waals surface area contributed by atoms with Gasteiger partial charge in [-0.1, -0.05) is 61.8 Å². The van der Waals surface area contributed by atoms with Gasteiger partial charge in [0, 0.05) is 42.7 Å². The van der Waals surface area contributed by atoms with Gasteiger partial charge in [0.15, 0.2) is 0 Å².